The number of benzene rings is 2. The number of hydrogen-bond donors (Lipinski definition) is 2. The van der Waals surface area contributed by atoms with Gasteiger partial charge in [0.15, 0.2) is 0 Å². The van der Waals surface area contributed by atoms with E-state index < -0.39 is 28.1 Å². The molecule has 1 aliphatic heterocycles. The van der Waals surface area contributed by atoms with Crippen molar-refractivity contribution in [2.24, 2.45) is 11.8 Å². The summed E-state index contributed by atoms with van der Waals surface area (Å²) >= 11 is 9.83. The third-order valence-corrected chi connectivity index (χ3v) is 33.1. The Hall–Kier alpha value is -2.82. The lowest BCUT2D eigenvalue weighted by Crippen LogP contribution is -2.56. The van der Waals surface area contributed by atoms with Crippen LogP contribution in [-0.4, -0.2) is 67.0 Å². The number of nitrogens with one attached hydrogen (secondary N) is 2. The van der Waals surface area contributed by atoms with Crippen LogP contribution in [0.5, 0.6) is 0 Å². The van der Waals surface area contributed by atoms with Gasteiger partial charge < -0.3 is 0 Å². The van der Waals surface area contributed by atoms with Crippen molar-refractivity contribution in [3.8, 4) is 40.4 Å². The molecule has 0 bridgehead atoms. The van der Waals surface area contributed by atoms with Crippen LogP contribution in [0.15, 0.2) is 36.4 Å². The molecule has 0 saturated heterocycles. The van der Waals surface area contributed by atoms with Gasteiger partial charge in [-0.1, -0.05) is 183 Å². The van der Waals surface area contributed by atoms with Crippen LogP contribution < -0.4 is 19.8 Å². The number of aromatic nitrogens is 4. The third kappa shape index (κ3) is 17.1. The highest BCUT2D eigenvalue weighted by atomic mass is 32.2. The number of unbranched alkanes of at least 4 members (excludes halogenated alkanes) is 16. The summed E-state index contributed by atoms with van der Waals surface area (Å²) in [6, 6.07) is 16.7. The quantitative estimate of drug-likeness (QED) is 0.0285. The van der Waals surface area contributed by atoms with Gasteiger partial charge in [-0.25, -0.2) is 26.3 Å². The van der Waals surface area contributed by atoms with Gasteiger partial charge in [0.05, 0.1) is 35.0 Å². The average Bonchev–Trinajstić information content (AvgIpc) is 1.64. The molecule has 10 nitrogen and oxygen atoms in total. The molecule has 87 heavy (non-hydrogen) atoms. The molecule has 0 fully saturated rings. The summed E-state index contributed by atoms with van der Waals surface area (Å²) in [5, 5.41) is 5.24. The first-order valence-corrected chi connectivity index (χ1v) is 43.9. The van der Waals surface area contributed by atoms with Crippen LogP contribution in [0.1, 0.15) is 217 Å². The molecule has 6 aromatic heterocycles. The van der Waals surface area contributed by atoms with E-state index in [1.807, 2.05) is 22.7 Å². The highest BCUT2D eigenvalue weighted by Crippen LogP contribution is 2.51. The number of thiophene rings is 4. The molecule has 0 saturated carbocycles. The van der Waals surface area contributed by atoms with Gasteiger partial charge >= 0.3 is 0 Å². The van der Waals surface area contributed by atoms with E-state index in [9.17, 15) is 16.8 Å². The molecule has 0 spiro atoms. The van der Waals surface area contributed by atoms with E-state index in [1.54, 1.807) is 33.0 Å². The zero-order chi connectivity index (χ0) is 61.6. The van der Waals surface area contributed by atoms with Crippen LogP contribution in [0.25, 0.3) is 73.2 Å². The minimum absolute atomic E-state index is 0.0195. The third-order valence-electron chi connectivity index (χ3n) is 18.6. The van der Waals surface area contributed by atoms with Crippen molar-refractivity contribution in [3.63, 3.8) is 0 Å². The largest absolute Gasteiger partial charge is 0.215 e. The second-order valence-electron chi connectivity index (χ2n) is 25.2. The van der Waals surface area contributed by atoms with Crippen molar-refractivity contribution in [2.75, 3.05) is 24.6 Å². The molecule has 1 aliphatic rings. The van der Waals surface area contributed by atoms with Crippen LogP contribution in [0, 0.1) is 25.7 Å². The summed E-state index contributed by atoms with van der Waals surface area (Å²) < 4.78 is 80.4. The van der Waals surface area contributed by atoms with E-state index in [-0.39, 0.29) is 11.5 Å². The fraction of sp³-hybridized carbons (Fsp3) is 0.618. The Labute approximate surface area is 547 Å². The summed E-state index contributed by atoms with van der Waals surface area (Å²) in [5.74, 6) is 1.44. The summed E-state index contributed by atoms with van der Waals surface area (Å²) in [6.45, 7) is 19.4. The highest BCUT2D eigenvalue weighted by Gasteiger charge is 2.50. The summed E-state index contributed by atoms with van der Waals surface area (Å²) in [7, 11) is -9.24. The Bertz CT molecular complexity index is 3700. The number of nitrogens with zero attached hydrogens (tertiary/aromatic N) is 4. The van der Waals surface area contributed by atoms with Gasteiger partial charge in [0.1, 0.15) is 30.1 Å². The lowest BCUT2D eigenvalue weighted by Gasteiger charge is -2.35. The lowest BCUT2D eigenvalue weighted by molar-refractivity contribution is 0.469. The van der Waals surface area contributed by atoms with Gasteiger partial charge in [0.25, 0.3) is 0 Å². The van der Waals surface area contributed by atoms with E-state index in [1.165, 1.54) is 176 Å². The van der Waals surface area contributed by atoms with Crippen molar-refractivity contribution >= 4 is 140 Å². The first-order chi connectivity index (χ1) is 42.2. The van der Waals surface area contributed by atoms with Crippen LogP contribution in [-0.2, 0) is 32.9 Å². The number of fused-ring (bicyclic) bond motifs is 8. The van der Waals surface area contributed by atoms with Crippen LogP contribution in [0.3, 0.4) is 0 Å². The first-order valence-electron chi connectivity index (χ1n) is 33.4. The van der Waals surface area contributed by atoms with Crippen molar-refractivity contribution < 1.29 is 16.8 Å². The Kier molecular flexibility index (Phi) is 25.7. The molecule has 0 radical (unpaired) electrons. The molecule has 9 rings (SSSR count). The fourth-order valence-corrected chi connectivity index (χ4v) is 29.6. The van der Waals surface area contributed by atoms with Crippen molar-refractivity contribution in [2.45, 2.75) is 234 Å². The highest BCUT2D eigenvalue weighted by molar-refractivity contribution is 7.89. The molecule has 0 amide bonds. The topological polar surface area (TPSA) is 144 Å². The van der Waals surface area contributed by atoms with Gasteiger partial charge in [-0.2, -0.15) is 17.5 Å². The molecule has 2 atom stereocenters. The Morgan fingerprint density at radius 1 is 0.448 bits per heavy atom. The van der Waals surface area contributed by atoms with Gasteiger partial charge in [-0.05, 0) is 121 Å². The molecule has 2 aromatic carbocycles. The number of aryl methyl sites for hydroxylation is 4. The van der Waals surface area contributed by atoms with E-state index >= 15 is 0 Å². The van der Waals surface area contributed by atoms with E-state index in [2.05, 4.69) is 101 Å². The fourth-order valence-electron chi connectivity index (χ4n) is 13.5. The van der Waals surface area contributed by atoms with E-state index in [0.29, 0.717) is 37.8 Å². The maximum absolute atomic E-state index is 14.0. The standard InChI is InChI=1S/C68H98N6O4S8Si/c1-9-15-19-21-23-25-27-29-35-69-85(75,76)37-33-51-40-57(80-48(51)8)55-42-53-54(62-64(55)73-83-71-62)43-56(65-63(53)72-84-74-65)58-41-52(34-38-86(77,78)70-36-30-28-26-24-22-20-16-10-2)66(81-58)59-44-61-68(82-59)67-60(39-47(7)79-67)87(61,45-49(13-5)31-17-11-3)46-50(14-6)32-18-12-4/h39-44,49-50,69-70H,9-38,45-46H2,1-8H3. The number of rotatable bonds is 41. The molecule has 2 unspecified atom stereocenters. The zero-order valence-electron chi connectivity index (χ0n) is 53.4. The van der Waals surface area contributed by atoms with E-state index in [0.717, 1.165) is 108 Å². The smallest absolute Gasteiger partial charge is 0.211 e. The second kappa shape index (κ2) is 32.6. The lowest BCUT2D eigenvalue weighted by atomic mass is 9.98. The van der Waals surface area contributed by atoms with Crippen molar-refractivity contribution in [3.05, 3.63) is 57.3 Å². The molecular formula is C68H98N6O4S8Si. The Morgan fingerprint density at radius 3 is 1.38 bits per heavy atom. The molecular weight excluding hydrogens is 1250 g/mol. The van der Waals surface area contributed by atoms with Gasteiger partial charge in [0.2, 0.25) is 20.0 Å². The Morgan fingerprint density at radius 2 is 0.874 bits per heavy atom. The number of hydrogen-bond acceptors (Lipinski definition) is 14. The molecule has 19 heteroatoms. The first kappa shape index (κ1) is 68.5. The van der Waals surface area contributed by atoms with Crippen molar-refractivity contribution in [1.82, 2.24) is 26.9 Å². The van der Waals surface area contributed by atoms with Gasteiger partial charge in [-0.15, -0.1) is 45.3 Å². The van der Waals surface area contributed by atoms with E-state index in [4.69, 9.17) is 17.5 Å². The second-order valence-corrected chi connectivity index (χ2v) is 38.8. The molecule has 476 valence electrons. The summed E-state index contributed by atoms with van der Waals surface area (Å²) in [6.07, 6.45) is 29.5. The van der Waals surface area contributed by atoms with Crippen molar-refractivity contribution in [1.29, 1.82) is 0 Å². The van der Waals surface area contributed by atoms with Crippen LogP contribution in [0.4, 0.5) is 0 Å². The minimum atomic E-state index is -3.56. The molecule has 0 aliphatic carbocycles. The Balaban J connectivity index is 1.06. The summed E-state index contributed by atoms with van der Waals surface area (Å²) in [4.78, 5) is 9.99. The average molecular weight is 1350 g/mol. The maximum Gasteiger partial charge on any atom is 0.211 e. The predicted octanol–water partition coefficient (Wildman–Crippen LogP) is 19.9. The monoisotopic (exact) mass is 1350 g/mol. The number of sulfonamides is 2. The van der Waals surface area contributed by atoms with Crippen LogP contribution in [0.2, 0.25) is 12.1 Å². The molecule has 8 aromatic rings. The maximum atomic E-state index is 14.0. The van der Waals surface area contributed by atoms with Gasteiger partial charge in [-0.3, -0.25) is 0 Å². The SMILES string of the molecule is CCCCCCCCCCNS(=O)(=O)CCc1cc(-c2cc3c(cc(-c4cc(CCS(=O)(=O)NCCCCCCCCCC)c(-c5cc6c(s5)-c5sc(C)cc5[Si]6(CC(CC)CCCC)CC(CC)CCCC)s4)c4nsnc43)c3nsnc23)sc1C. The molecule has 2 N–H and O–H groups in total. The molecule has 7 heterocycles. The summed E-state index contributed by atoms with van der Waals surface area (Å²) in [5.41, 5.74) is 7.28. The van der Waals surface area contributed by atoms with Gasteiger partial charge in [0, 0.05) is 74.0 Å². The predicted molar refractivity (Wildman–Crippen MR) is 386 cm³/mol. The minimum Gasteiger partial charge on any atom is -0.215 e. The zero-order valence-corrected chi connectivity index (χ0v) is 61.0. The normalized spacial score (nSPS) is 15.2. The van der Waals surface area contributed by atoms with Crippen LogP contribution >= 0.6 is 68.8 Å².